The van der Waals surface area contributed by atoms with E-state index in [1.807, 2.05) is 0 Å². The third-order valence-corrected chi connectivity index (χ3v) is 2.08. The number of nitrogens with zero attached hydrogens (tertiary/aromatic N) is 3. The summed E-state index contributed by atoms with van der Waals surface area (Å²) < 4.78 is 0. The van der Waals surface area contributed by atoms with Crippen LogP contribution in [0, 0.1) is 5.21 Å². The molecule has 86 valence electrons. The molecule has 0 atom stereocenters. The van der Waals surface area contributed by atoms with E-state index < -0.39 is 5.97 Å². The van der Waals surface area contributed by atoms with Crippen LogP contribution in [0.2, 0.25) is 0 Å². The minimum Gasteiger partial charge on any atom is -0.569 e. The second-order valence-electron chi connectivity index (χ2n) is 3.33. The molecule has 7 nitrogen and oxygen atoms in total. The number of carbonyl (C=O) groups is 1. The molecular formula is C8H15N3O4. The van der Waals surface area contributed by atoms with Crippen LogP contribution in [0.3, 0.4) is 0 Å². The Morgan fingerprint density at radius 2 is 2.20 bits per heavy atom. The predicted molar refractivity (Wildman–Crippen MR) is 49.7 cm³/mol. The Morgan fingerprint density at radius 3 is 2.80 bits per heavy atom. The molecule has 1 aliphatic rings. The van der Waals surface area contributed by atoms with Crippen LogP contribution in [0.4, 0.5) is 0 Å². The normalized spacial score (nSPS) is 16.8. The van der Waals surface area contributed by atoms with Gasteiger partial charge in [0.2, 0.25) is 5.28 Å². The lowest BCUT2D eigenvalue weighted by Crippen LogP contribution is -2.27. The van der Waals surface area contributed by atoms with Gasteiger partial charge in [0.1, 0.15) is 6.61 Å². The highest BCUT2D eigenvalue weighted by Gasteiger charge is 2.18. The quantitative estimate of drug-likeness (QED) is 0.307. The first-order valence-electron chi connectivity index (χ1n) is 4.97. The van der Waals surface area contributed by atoms with Gasteiger partial charge in [-0.15, -0.1) is 5.01 Å². The number of hydrogen-bond acceptors (Lipinski definition) is 4. The van der Waals surface area contributed by atoms with Gasteiger partial charge in [-0.2, -0.15) is 0 Å². The third-order valence-electron chi connectivity index (χ3n) is 2.08. The summed E-state index contributed by atoms with van der Waals surface area (Å²) in [7, 11) is 0. The second kappa shape index (κ2) is 6.05. The summed E-state index contributed by atoms with van der Waals surface area (Å²) in [6.07, 6.45) is 2.37. The molecule has 0 aliphatic carbocycles. The highest BCUT2D eigenvalue weighted by Crippen LogP contribution is 2.07. The van der Waals surface area contributed by atoms with E-state index in [0.717, 1.165) is 12.8 Å². The van der Waals surface area contributed by atoms with Crippen molar-refractivity contribution in [2.45, 2.75) is 25.7 Å². The molecule has 0 bridgehead atoms. The number of hydrogen-bond donors (Lipinski definition) is 1. The maximum atomic E-state index is 11.2. The number of carboxylic acids is 1. The Labute approximate surface area is 87.4 Å². The number of carboxylic acid groups (broad SMARTS) is 1. The second-order valence-corrected chi connectivity index (χ2v) is 3.33. The van der Waals surface area contributed by atoms with Crippen molar-refractivity contribution in [3.8, 4) is 0 Å². The van der Waals surface area contributed by atoms with E-state index in [0.29, 0.717) is 24.5 Å². The lowest BCUT2D eigenvalue weighted by atomic mass is 10.3. The molecule has 1 heterocycles. The fraction of sp³-hybridized carbons (Fsp3) is 0.875. The van der Waals surface area contributed by atoms with E-state index in [-0.39, 0.29) is 13.0 Å². The summed E-state index contributed by atoms with van der Waals surface area (Å²) in [5.41, 5.74) is 0. The van der Waals surface area contributed by atoms with Crippen LogP contribution in [-0.2, 0) is 9.63 Å². The number of rotatable bonds is 6. The van der Waals surface area contributed by atoms with Gasteiger partial charge in [-0.05, 0) is 19.3 Å². The third kappa shape index (κ3) is 4.48. The lowest BCUT2D eigenvalue weighted by molar-refractivity contribution is -0.707. The molecule has 0 unspecified atom stereocenters. The molecule has 1 rings (SSSR count). The van der Waals surface area contributed by atoms with Crippen LogP contribution in [-0.4, -0.2) is 40.8 Å². The zero-order valence-electron chi connectivity index (χ0n) is 8.46. The standard InChI is InChI=1S/C8H15N3O4/c12-8(13)4-3-7-15-9-11(14)10-5-1-2-6-10/h1-7H2,(H,12,13)/b11-9-. The van der Waals surface area contributed by atoms with Crippen molar-refractivity contribution in [2.24, 2.45) is 5.28 Å². The first-order chi connectivity index (χ1) is 7.20. The van der Waals surface area contributed by atoms with Crippen LogP contribution in [0.5, 0.6) is 0 Å². The highest BCUT2D eigenvalue weighted by atomic mass is 16.7. The van der Waals surface area contributed by atoms with E-state index >= 15 is 0 Å². The summed E-state index contributed by atoms with van der Waals surface area (Å²) in [5, 5.41) is 24.4. The fourth-order valence-electron chi connectivity index (χ4n) is 1.30. The number of aliphatic carboxylic acids is 1. The average Bonchev–Trinajstić information content (AvgIpc) is 2.69. The number of hydrazine groups is 1. The minimum absolute atomic E-state index is 0.0259. The molecule has 1 N–H and O–H groups in total. The van der Waals surface area contributed by atoms with E-state index in [2.05, 4.69) is 5.28 Å². The lowest BCUT2D eigenvalue weighted by Gasteiger charge is -2.09. The Kier molecular flexibility index (Phi) is 4.65. The molecule has 0 amide bonds. The van der Waals surface area contributed by atoms with Gasteiger partial charge in [-0.25, -0.2) is 0 Å². The molecule has 1 aliphatic heterocycles. The Morgan fingerprint density at radius 1 is 1.53 bits per heavy atom. The summed E-state index contributed by atoms with van der Waals surface area (Å²) in [6, 6.07) is 0. The van der Waals surface area contributed by atoms with Crippen molar-refractivity contribution in [1.82, 2.24) is 5.01 Å². The topological polar surface area (TPSA) is 88.2 Å². The van der Waals surface area contributed by atoms with Crippen molar-refractivity contribution in [3.63, 3.8) is 0 Å². The maximum Gasteiger partial charge on any atom is 0.303 e. The van der Waals surface area contributed by atoms with Crippen molar-refractivity contribution in [1.29, 1.82) is 0 Å². The molecule has 0 spiro atoms. The van der Waals surface area contributed by atoms with Crippen LogP contribution in [0.1, 0.15) is 25.7 Å². The zero-order valence-corrected chi connectivity index (χ0v) is 8.46. The van der Waals surface area contributed by atoms with Crippen molar-refractivity contribution in [3.05, 3.63) is 5.21 Å². The molecule has 0 aromatic rings. The average molecular weight is 217 g/mol. The largest absolute Gasteiger partial charge is 0.569 e. The maximum absolute atomic E-state index is 11.2. The van der Waals surface area contributed by atoms with Crippen LogP contribution < -0.4 is 0 Å². The van der Waals surface area contributed by atoms with Crippen molar-refractivity contribution < 1.29 is 19.7 Å². The van der Waals surface area contributed by atoms with Crippen molar-refractivity contribution in [2.75, 3.05) is 19.7 Å². The molecule has 0 aromatic carbocycles. The molecule has 0 aromatic heterocycles. The van der Waals surface area contributed by atoms with E-state index in [9.17, 15) is 10.0 Å². The molecular weight excluding hydrogens is 202 g/mol. The first-order valence-corrected chi connectivity index (χ1v) is 4.97. The Balaban J connectivity index is 2.11. The first kappa shape index (κ1) is 11.5. The molecule has 15 heavy (non-hydrogen) atoms. The van der Waals surface area contributed by atoms with Crippen LogP contribution in [0.25, 0.3) is 0 Å². The van der Waals surface area contributed by atoms with Gasteiger partial charge in [0.15, 0.2) is 0 Å². The van der Waals surface area contributed by atoms with Gasteiger partial charge in [-0.1, -0.05) is 0 Å². The Bertz CT molecular complexity index is 238. The predicted octanol–water partition coefficient (Wildman–Crippen LogP) is 0.756. The van der Waals surface area contributed by atoms with Gasteiger partial charge < -0.3 is 15.2 Å². The zero-order chi connectivity index (χ0) is 11.1. The summed E-state index contributed by atoms with van der Waals surface area (Å²) >= 11 is 0. The smallest absolute Gasteiger partial charge is 0.303 e. The van der Waals surface area contributed by atoms with E-state index in [1.54, 1.807) is 0 Å². The van der Waals surface area contributed by atoms with Crippen LogP contribution in [0.15, 0.2) is 5.28 Å². The van der Waals surface area contributed by atoms with Gasteiger partial charge >= 0.3 is 5.97 Å². The van der Waals surface area contributed by atoms with Gasteiger partial charge in [-0.3, -0.25) is 4.79 Å². The SMILES string of the molecule is O=C(O)CCCO/N=[N+](\[O-])N1CCCC1. The molecule has 7 heteroatoms. The summed E-state index contributed by atoms with van der Waals surface area (Å²) in [6.45, 7) is 1.55. The van der Waals surface area contributed by atoms with Gasteiger partial charge in [0, 0.05) is 6.42 Å². The minimum atomic E-state index is -0.878. The van der Waals surface area contributed by atoms with Gasteiger partial charge in [0.05, 0.1) is 18.1 Å². The summed E-state index contributed by atoms with van der Waals surface area (Å²) in [5.74, 6) is -0.878. The highest BCUT2D eigenvalue weighted by molar-refractivity contribution is 5.66. The van der Waals surface area contributed by atoms with E-state index in [1.165, 1.54) is 5.01 Å². The van der Waals surface area contributed by atoms with Gasteiger partial charge in [0.25, 0.3) is 0 Å². The molecule has 0 radical (unpaired) electrons. The molecule has 1 fully saturated rings. The fourth-order valence-corrected chi connectivity index (χ4v) is 1.30. The van der Waals surface area contributed by atoms with Crippen molar-refractivity contribution >= 4 is 5.97 Å². The Hall–Kier alpha value is -1.53. The van der Waals surface area contributed by atoms with Crippen LogP contribution >= 0.6 is 0 Å². The molecule has 0 saturated carbocycles. The molecule has 1 saturated heterocycles. The monoisotopic (exact) mass is 217 g/mol. The van der Waals surface area contributed by atoms with E-state index in [4.69, 9.17) is 9.94 Å². The summed E-state index contributed by atoms with van der Waals surface area (Å²) in [4.78, 5) is 15.3.